The summed E-state index contributed by atoms with van der Waals surface area (Å²) in [6.45, 7) is 8.55. The molecule has 0 saturated heterocycles. The molecule has 0 saturated carbocycles. The number of nitrogens with zero attached hydrogens (tertiary/aromatic N) is 1. The second kappa shape index (κ2) is 8.60. The van der Waals surface area contributed by atoms with Gasteiger partial charge in [0.05, 0.1) is 6.04 Å². The van der Waals surface area contributed by atoms with Gasteiger partial charge < -0.3 is 5.32 Å². The number of likely N-dealkylation sites (N-methyl/N-ethyl adjacent to an activating group) is 2. The molecule has 2 aromatic carbocycles. The largest absolute Gasteiger partial charge is 0.316 e. The van der Waals surface area contributed by atoms with Crippen LogP contribution in [0.25, 0.3) is 0 Å². The van der Waals surface area contributed by atoms with Crippen LogP contribution in [0.15, 0.2) is 60.7 Å². The Bertz CT molecular complexity index is 456. The minimum atomic E-state index is 0.330. The van der Waals surface area contributed by atoms with E-state index in [1.807, 2.05) is 0 Å². The fraction of sp³-hybridized carbons (Fsp3) is 0.368. The number of rotatable bonds is 8. The first-order valence-corrected chi connectivity index (χ1v) is 7.91. The minimum absolute atomic E-state index is 0.330. The van der Waals surface area contributed by atoms with E-state index in [1.165, 1.54) is 11.1 Å². The molecule has 1 N–H and O–H groups in total. The molecule has 0 aliphatic carbocycles. The van der Waals surface area contributed by atoms with Gasteiger partial charge in [0.1, 0.15) is 0 Å². The van der Waals surface area contributed by atoms with Crippen LogP contribution in [0.4, 0.5) is 0 Å². The maximum atomic E-state index is 3.43. The van der Waals surface area contributed by atoms with Gasteiger partial charge in [0.15, 0.2) is 0 Å². The van der Waals surface area contributed by atoms with Gasteiger partial charge >= 0.3 is 0 Å². The van der Waals surface area contributed by atoms with Gasteiger partial charge in [0.2, 0.25) is 0 Å². The topological polar surface area (TPSA) is 15.3 Å². The number of benzene rings is 2. The first kappa shape index (κ1) is 15.7. The third-order valence-corrected chi connectivity index (χ3v) is 3.83. The highest BCUT2D eigenvalue weighted by Crippen LogP contribution is 2.27. The minimum Gasteiger partial charge on any atom is -0.316 e. The van der Waals surface area contributed by atoms with E-state index in [2.05, 4.69) is 84.7 Å². The number of nitrogens with one attached hydrogen (secondary N) is 1. The van der Waals surface area contributed by atoms with Crippen molar-refractivity contribution in [3.05, 3.63) is 71.8 Å². The summed E-state index contributed by atoms with van der Waals surface area (Å²) < 4.78 is 0. The van der Waals surface area contributed by atoms with Crippen LogP contribution in [0.2, 0.25) is 0 Å². The predicted octanol–water partition coefficient (Wildman–Crippen LogP) is 3.71. The molecule has 21 heavy (non-hydrogen) atoms. The van der Waals surface area contributed by atoms with E-state index in [1.54, 1.807) is 0 Å². The average molecular weight is 282 g/mol. The van der Waals surface area contributed by atoms with Crippen molar-refractivity contribution in [3.8, 4) is 0 Å². The zero-order valence-corrected chi connectivity index (χ0v) is 13.1. The monoisotopic (exact) mass is 282 g/mol. The molecule has 2 rings (SSSR count). The van der Waals surface area contributed by atoms with Crippen molar-refractivity contribution < 1.29 is 0 Å². The van der Waals surface area contributed by atoms with Crippen molar-refractivity contribution in [1.82, 2.24) is 10.2 Å². The van der Waals surface area contributed by atoms with Gasteiger partial charge in [-0.15, -0.1) is 0 Å². The average Bonchev–Trinajstić information content (AvgIpc) is 2.56. The van der Waals surface area contributed by atoms with Crippen molar-refractivity contribution in [2.45, 2.75) is 19.9 Å². The van der Waals surface area contributed by atoms with Gasteiger partial charge in [0.25, 0.3) is 0 Å². The summed E-state index contributed by atoms with van der Waals surface area (Å²) in [6.07, 6.45) is 0. The number of hydrogen-bond donors (Lipinski definition) is 1. The molecule has 0 aliphatic rings. The molecule has 112 valence electrons. The van der Waals surface area contributed by atoms with Crippen LogP contribution in [0.1, 0.15) is 31.0 Å². The van der Waals surface area contributed by atoms with Crippen LogP contribution in [-0.4, -0.2) is 31.1 Å². The molecule has 0 aromatic heterocycles. The Morgan fingerprint density at radius 2 is 1.38 bits per heavy atom. The highest BCUT2D eigenvalue weighted by molar-refractivity contribution is 5.31. The fourth-order valence-electron chi connectivity index (χ4n) is 2.75. The lowest BCUT2D eigenvalue weighted by Gasteiger charge is -2.31. The Kier molecular flexibility index (Phi) is 6.45. The van der Waals surface area contributed by atoms with Crippen molar-refractivity contribution in [3.63, 3.8) is 0 Å². The Balaban J connectivity index is 2.27. The summed E-state index contributed by atoms with van der Waals surface area (Å²) in [5.74, 6) is 0. The molecule has 0 heterocycles. The molecule has 2 heteroatoms. The van der Waals surface area contributed by atoms with Crippen molar-refractivity contribution in [1.29, 1.82) is 0 Å². The Hall–Kier alpha value is -1.64. The summed E-state index contributed by atoms with van der Waals surface area (Å²) in [4.78, 5) is 2.54. The van der Waals surface area contributed by atoms with Crippen molar-refractivity contribution >= 4 is 0 Å². The predicted molar refractivity (Wildman–Crippen MR) is 90.5 cm³/mol. The van der Waals surface area contributed by atoms with Gasteiger partial charge in [-0.3, -0.25) is 4.90 Å². The Morgan fingerprint density at radius 3 is 1.81 bits per heavy atom. The van der Waals surface area contributed by atoms with E-state index in [4.69, 9.17) is 0 Å². The Morgan fingerprint density at radius 1 is 0.857 bits per heavy atom. The van der Waals surface area contributed by atoms with Gasteiger partial charge in [-0.2, -0.15) is 0 Å². The third-order valence-electron chi connectivity index (χ3n) is 3.83. The van der Waals surface area contributed by atoms with Gasteiger partial charge in [-0.1, -0.05) is 74.5 Å². The van der Waals surface area contributed by atoms with Crippen LogP contribution in [0.5, 0.6) is 0 Å². The van der Waals surface area contributed by atoms with E-state index in [9.17, 15) is 0 Å². The Labute approximate surface area is 128 Å². The lowest BCUT2D eigenvalue weighted by atomic mass is 9.97. The first-order chi connectivity index (χ1) is 10.4. The summed E-state index contributed by atoms with van der Waals surface area (Å²) in [6, 6.07) is 21.9. The van der Waals surface area contributed by atoms with Crippen molar-refractivity contribution in [2.24, 2.45) is 0 Å². The summed E-state index contributed by atoms with van der Waals surface area (Å²) in [7, 11) is 0. The van der Waals surface area contributed by atoms with Gasteiger partial charge in [0, 0.05) is 13.1 Å². The van der Waals surface area contributed by atoms with Gasteiger partial charge in [-0.25, -0.2) is 0 Å². The molecule has 0 radical (unpaired) electrons. The molecule has 2 aromatic rings. The lowest BCUT2D eigenvalue weighted by molar-refractivity contribution is 0.238. The lowest BCUT2D eigenvalue weighted by Crippen LogP contribution is -2.35. The zero-order chi connectivity index (χ0) is 14.9. The third kappa shape index (κ3) is 4.42. The molecule has 0 atom stereocenters. The van der Waals surface area contributed by atoms with E-state index in [-0.39, 0.29) is 0 Å². The van der Waals surface area contributed by atoms with Crippen LogP contribution in [0, 0.1) is 0 Å². The molecule has 0 aliphatic heterocycles. The van der Waals surface area contributed by atoms with E-state index >= 15 is 0 Å². The van der Waals surface area contributed by atoms with Crippen LogP contribution in [0.3, 0.4) is 0 Å². The van der Waals surface area contributed by atoms with Crippen LogP contribution in [-0.2, 0) is 0 Å². The molecule has 0 bridgehead atoms. The number of hydrogen-bond acceptors (Lipinski definition) is 2. The highest BCUT2D eigenvalue weighted by Gasteiger charge is 2.20. The first-order valence-electron chi connectivity index (χ1n) is 7.91. The van der Waals surface area contributed by atoms with Crippen LogP contribution < -0.4 is 5.32 Å². The maximum absolute atomic E-state index is 3.43. The SMILES string of the molecule is CCNCCN(CC)C(c1ccccc1)c1ccccc1. The molecule has 0 amide bonds. The normalized spacial score (nSPS) is 11.2. The fourth-order valence-corrected chi connectivity index (χ4v) is 2.75. The summed E-state index contributed by atoms with van der Waals surface area (Å²) in [5, 5.41) is 3.43. The van der Waals surface area contributed by atoms with Crippen molar-refractivity contribution in [2.75, 3.05) is 26.2 Å². The van der Waals surface area contributed by atoms with E-state index in [0.717, 1.165) is 26.2 Å². The van der Waals surface area contributed by atoms with E-state index in [0.29, 0.717) is 6.04 Å². The molecular formula is C19H26N2. The van der Waals surface area contributed by atoms with E-state index < -0.39 is 0 Å². The molecule has 0 unspecified atom stereocenters. The standard InChI is InChI=1S/C19H26N2/c1-3-20-15-16-21(4-2)19(17-11-7-5-8-12-17)18-13-9-6-10-14-18/h5-14,19-20H,3-4,15-16H2,1-2H3. The van der Waals surface area contributed by atoms with Crippen LogP contribution >= 0.6 is 0 Å². The maximum Gasteiger partial charge on any atom is 0.0602 e. The second-order valence-corrected chi connectivity index (χ2v) is 5.21. The summed E-state index contributed by atoms with van der Waals surface area (Å²) >= 11 is 0. The highest BCUT2D eigenvalue weighted by atomic mass is 15.2. The quantitative estimate of drug-likeness (QED) is 0.743. The molecule has 2 nitrogen and oxygen atoms in total. The smallest absolute Gasteiger partial charge is 0.0602 e. The molecular weight excluding hydrogens is 256 g/mol. The zero-order valence-electron chi connectivity index (χ0n) is 13.1. The van der Waals surface area contributed by atoms with Gasteiger partial charge in [-0.05, 0) is 24.2 Å². The second-order valence-electron chi connectivity index (χ2n) is 5.21. The molecule has 0 spiro atoms. The summed E-state index contributed by atoms with van der Waals surface area (Å²) in [5.41, 5.74) is 2.73. The molecule has 0 fully saturated rings.